The van der Waals surface area contributed by atoms with Crippen molar-refractivity contribution in [2.24, 2.45) is 40.4 Å². The van der Waals surface area contributed by atoms with Crippen LogP contribution in [0, 0.1) is 40.4 Å². The zero-order chi connectivity index (χ0) is 20.3. The van der Waals surface area contributed by atoms with E-state index in [2.05, 4.69) is 26.8 Å². The van der Waals surface area contributed by atoms with Crippen LogP contribution in [0.4, 0.5) is 0 Å². The van der Waals surface area contributed by atoms with Crippen LogP contribution in [-0.4, -0.2) is 22.8 Å². The largest absolute Gasteiger partial charge is 0.393 e. The van der Waals surface area contributed by atoms with E-state index >= 15 is 0 Å². The average molecular weight is 385 g/mol. The maximum absolute atomic E-state index is 13.3. The summed E-state index contributed by atoms with van der Waals surface area (Å²) in [6.07, 6.45) is 12.6. The molecule has 0 aromatic heterocycles. The maximum atomic E-state index is 13.3. The molecular formula is C25H36O3. The van der Waals surface area contributed by atoms with Crippen molar-refractivity contribution < 1.29 is 14.7 Å². The molecule has 0 amide bonds. The fraction of sp³-hybridized carbons (Fsp3) is 0.760. The van der Waals surface area contributed by atoms with Gasteiger partial charge in [0.1, 0.15) is 0 Å². The summed E-state index contributed by atoms with van der Waals surface area (Å²) in [6.45, 7) is 8.64. The van der Waals surface area contributed by atoms with Gasteiger partial charge in [-0.05, 0) is 98.5 Å². The van der Waals surface area contributed by atoms with Crippen molar-refractivity contribution in [2.75, 3.05) is 0 Å². The number of hydrogen-bond acceptors (Lipinski definition) is 3. The Hall–Kier alpha value is -1.22. The lowest BCUT2D eigenvalue weighted by Gasteiger charge is -2.57. The molecule has 0 aromatic carbocycles. The van der Waals surface area contributed by atoms with Crippen molar-refractivity contribution in [3.63, 3.8) is 0 Å². The average Bonchev–Trinajstić information content (AvgIpc) is 2.98. The highest BCUT2D eigenvalue weighted by Gasteiger charge is 2.61. The van der Waals surface area contributed by atoms with Gasteiger partial charge in [-0.15, -0.1) is 0 Å². The Kier molecular flexibility index (Phi) is 4.97. The Balaban J connectivity index is 1.63. The van der Waals surface area contributed by atoms with Crippen LogP contribution >= 0.6 is 0 Å². The molecule has 3 unspecified atom stereocenters. The number of ketones is 2. The van der Waals surface area contributed by atoms with Gasteiger partial charge in [0.25, 0.3) is 0 Å². The van der Waals surface area contributed by atoms with Gasteiger partial charge in [0, 0.05) is 5.92 Å². The number of rotatable bonds is 3. The van der Waals surface area contributed by atoms with E-state index < -0.39 is 0 Å². The fourth-order valence-electron chi connectivity index (χ4n) is 7.71. The van der Waals surface area contributed by atoms with Gasteiger partial charge in [-0.2, -0.15) is 0 Å². The Morgan fingerprint density at radius 3 is 2.64 bits per heavy atom. The normalized spacial score (nSPS) is 46.5. The first-order chi connectivity index (χ1) is 13.2. The molecule has 0 heterocycles. The molecule has 4 aliphatic carbocycles. The quantitative estimate of drug-likeness (QED) is 0.705. The minimum absolute atomic E-state index is 0.0946. The molecule has 0 bridgehead atoms. The first-order valence-corrected chi connectivity index (χ1v) is 11.3. The zero-order valence-corrected chi connectivity index (χ0v) is 17.9. The van der Waals surface area contributed by atoms with Crippen molar-refractivity contribution in [1.82, 2.24) is 0 Å². The van der Waals surface area contributed by atoms with Crippen molar-refractivity contribution in [1.29, 1.82) is 0 Å². The van der Waals surface area contributed by atoms with E-state index in [1.165, 1.54) is 12.0 Å². The summed E-state index contributed by atoms with van der Waals surface area (Å²) >= 11 is 0. The Labute approximate surface area is 169 Å². The third-order valence-corrected chi connectivity index (χ3v) is 9.26. The van der Waals surface area contributed by atoms with Crippen LogP contribution in [0.5, 0.6) is 0 Å². The SMILES string of the molecule is CC(=O)/C=C/[C@@H](C)[C@H]1CCC2C3C(=O)C=C4C[C@@H](O)CC[C@]4(C)C3CC[C@@]21C. The molecule has 8 atom stereocenters. The Morgan fingerprint density at radius 1 is 1.18 bits per heavy atom. The Bertz CT molecular complexity index is 734. The lowest BCUT2D eigenvalue weighted by atomic mass is 9.46. The van der Waals surface area contributed by atoms with Crippen molar-refractivity contribution in [3.8, 4) is 0 Å². The number of aliphatic hydroxyl groups is 1. The lowest BCUT2D eigenvalue weighted by molar-refractivity contribution is -0.134. The molecule has 3 heteroatoms. The fourth-order valence-corrected chi connectivity index (χ4v) is 7.71. The summed E-state index contributed by atoms with van der Waals surface area (Å²) in [5, 5.41) is 10.1. The first-order valence-electron chi connectivity index (χ1n) is 11.3. The first kappa shape index (κ1) is 20.1. The number of allylic oxidation sites excluding steroid dienone is 3. The second kappa shape index (κ2) is 6.93. The molecule has 0 spiro atoms. The van der Waals surface area contributed by atoms with E-state index in [1.54, 1.807) is 13.0 Å². The van der Waals surface area contributed by atoms with Crippen LogP contribution in [0.3, 0.4) is 0 Å². The third-order valence-electron chi connectivity index (χ3n) is 9.26. The summed E-state index contributed by atoms with van der Waals surface area (Å²) in [6, 6.07) is 0. The van der Waals surface area contributed by atoms with E-state index in [0.29, 0.717) is 35.9 Å². The lowest BCUT2D eigenvalue weighted by Crippen LogP contribution is -2.53. The molecule has 28 heavy (non-hydrogen) atoms. The minimum atomic E-state index is -0.276. The van der Waals surface area contributed by atoms with Gasteiger partial charge in [-0.1, -0.05) is 32.4 Å². The number of fused-ring (bicyclic) bond motifs is 5. The van der Waals surface area contributed by atoms with Crippen LogP contribution in [0.2, 0.25) is 0 Å². The summed E-state index contributed by atoms with van der Waals surface area (Å²) < 4.78 is 0. The molecule has 0 saturated heterocycles. The minimum Gasteiger partial charge on any atom is -0.393 e. The summed E-state index contributed by atoms with van der Waals surface area (Å²) in [5.41, 5.74) is 1.50. The van der Waals surface area contributed by atoms with E-state index in [0.717, 1.165) is 32.1 Å². The van der Waals surface area contributed by atoms with Gasteiger partial charge < -0.3 is 5.11 Å². The highest BCUT2D eigenvalue weighted by molar-refractivity contribution is 5.94. The second-order valence-electron chi connectivity index (χ2n) is 10.7. The van der Waals surface area contributed by atoms with E-state index in [9.17, 15) is 14.7 Å². The topological polar surface area (TPSA) is 54.4 Å². The highest BCUT2D eigenvalue weighted by atomic mass is 16.3. The smallest absolute Gasteiger partial charge is 0.159 e. The summed E-state index contributed by atoms with van der Waals surface area (Å²) in [5.74, 6) is 2.41. The monoisotopic (exact) mass is 384 g/mol. The van der Waals surface area contributed by atoms with Gasteiger partial charge in [0.05, 0.1) is 6.10 Å². The third kappa shape index (κ3) is 2.96. The molecule has 154 valence electrons. The van der Waals surface area contributed by atoms with Gasteiger partial charge in [0.15, 0.2) is 11.6 Å². The van der Waals surface area contributed by atoms with Crippen LogP contribution in [0.1, 0.15) is 72.6 Å². The molecule has 0 aliphatic heterocycles. The number of aliphatic hydroxyl groups excluding tert-OH is 1. The van der Waals surface area contributed by atoms with E-state index in [-0.39, 0.29) is 28.6 Å². The van der Waals surface area contributed by atoms with E-state index in [4.69, 9.17) is 0 Å². The molecule has 0 radical (unpaired) electrons. The molecule has 3 saturated carbocycles. The second-order valence-corrected chi connectivity index (χ2v) is 10.7. The molecule has 0 aromatic rings. The van der Waals surface area contributed by atoms with Gasteiger partial charge in [-0.25, -0.2) is 0 Å². The number of hydrogen-bond donors (Lipinski definition) is 1. The van der Waals surface area contributed by atoms with Crippen molar-refractivity contribution >= 4 is 11.6 Å². The van der Waals surface area contributed by atoms with Gasteiger partial charge in [0.2, 0.25) is 0 Å². The van der Waals surface area contributed by atoms with E-state index in [1.807, 2.05) is 6.08 Å². The molecule has 4 rings (SSSR count). The van der Waals surface area contributed by atoms with Gasteiger partial charge >= 0.3 is 0 Å². The van der Waals surface area contributed by atoms with Crippen molar-refractivity contribution in [3.05, 3.63) is 23.8 Å². The number of carbonyl (C=O) groups excluding carboxylic acids is 2. The number of carbonyl (C=O) groups is 2. The molecular weight excluding hydrogens is 348 g/mol. The summed E-state index contributed by atoms with van der Waals surface area (Å²) in [4.78, 5) is 24.7. The van der Waals surface area contributed by atoms with Gasteiger partial charge in [-0.3, -0.25) is 9.59 Å². The van der Waals surface area contributed by atoms with Crippen LogP contribution in [0.15, 0.2) is 23.8 Å². The predicted octanol–water partition coefficient (Wildman–Crippen LogP) is 4.89. The molecule has 3 nitrogen and oxygen atoms in total. The zero-order valence-electron chi connectivity index (χ0n) is 17.9. The van der Waals surface area contributed by atoms with Crippen LogP contribution < -0.4 is 0 Å². The standard InChI is InChI=1S/C25H36O3/c1-15(5-6-16(2)26)19-7-8-20-23-21(10-12-25(19,20)4)24(3)11-9-18(27)13-17(24)14-22(23)28/h5-6,14-15,18-21,23,27H,7-13H2,1-4H3/b6-5+/t15-,18+,19-,20?,21?,23?,24+,25-/m1/s1. The summed E-state index contributed by atoms with van der Waals surface area (Å²) in [7, 11) is 0. The Morgan fingerprint density at radius 2 is 1.93 bits per heavy atom. The van der Waals surface area contributed by atoms with Crippen molar-refractivity contribution in [2.45, 2.75) is 78.7 Å². The van der Waals surface area contributed by atoms with Crippen LogP contribution in [-0.2, 0) is 9.59 Å². The van der Waals surface area contributed by atoms with Crippen LogP contribution in [0.25, 0.3) is 0 Å². The predicted molar refractivity (Wildman–Crippen MR) is 111 cm³/mol. The molecule has 1 N–H and O–H groups in total. The molecule has 3 fully saturated rings. The maximum Gasteiger partial charge on any atom is 0.159 e. The highest BCUT2D eigenvalue weighted by Crippen LogP contribution is 2.66. The molecule has 4 aliphatic rings.